The molecule has 0 atom stereocenters. The van der Waals surface area contributed by atoms with Gasteiger partial charge in [0.15, 0.2) is 0 Å². The minimum Gasteiger partial charge on any atom is -0.395 e. The molecule has 0 aliphatic rings. The molecule has 0 spiro atoms. The highest BCUT2D eigenvalue weighted by atomic mass is 35.5. The molecule has 2 N–H and O–H groups in total. The highest BCUT2D eigenvalue weighted by Crippen LogP contribution is 2.30. The van der Waals surface area contributed by atoms with E-state index in [2.05, 4.69) is 16.6 Å². The number of benzene rings is 1. The third-order valence-corrected chi connectivity index (χ3v) is 5.33. The van der Waals surface area contributed by atoms with Crippen LogP contribution in [0.2, 0.25) is 10.0 Å². The van der Waals surface area contributed by atoms with Crippen LogP contribution in [0.1, 0.15) is 12.0 Å². The zero-order valence-electron chi connectivity index (χ0n) is 11.3. The molecule has 0 saturated carbocycles. The number of sulfonamides is 1. The Kier molecular flexibility index (Phi) is 7.88. The van der Waals surface area contributed by atoms with Crippen LogP contribution >= 0.6 is 35.0 Å². The number of thioether (sulfide) groups is 1. The van der Waals surface area contributed by atoms with Crippen molar-refractivity contribution in [3.05, 3.63) is 27.7 Å². The smallest absolute Gasteiger partial charge is 0.243 e. The molecule has 0 saturated heterocycles. The van der Waals surface area contributed by atoms with Crippen molar-refractivity contribution in [3.63, 3.8) is 0 Å². The summed E-state index contributed by atoms with van der Waals surface area (Å²) in [5.74, 6) is 6.13. The Morgan fingerprint density at radius 2 is 1.95 bits per heavy atom. The van der Waals surface area contributed by atoms with E-state index < -0.39 is 10.0 Å². The van der Waals surface area contributed by atoms with E-state index >= 15 is 0 Å². The lowest BCUT2D eigenvalue weighted by Crippen LogP contribution is -2.26. The Morgan fingerprint density at radius 1 is 1.33 bits per heavy atom. The van der Waals surface area contributed by atoms with Crippen molar-refractivity contribution in [2.24, 2.45) is 0 Å². The standard InChI is InChI=1S/C13H15Cl2NO3S2/c1-20-7-5-16-21(18,19)13-11(14)8-10(9-12(13)15)4-2-3-6-17/h8-9,16-17H,3,5-7H2,1H3. The number of aliphatic hydroxyl groups excluding tert-OH is 1. The van der Waals surface area contributed by atoms with Gasteiger partial charge in [-0.05, 0) is 18.4 Å². The van der Waals surface area contributed by atoms with Crippen molar-refractivity contribution in [1.82, 2.24) is 4.72 Å². The molecular formula is C13H15Cl2NO3S2. The van der Waals surface area contributed by atoms with Crippen molar-refractivity contribution >= 4 is 45.0 Å². The van der Waals surface area contributed by atoms with Crippen LogP contribution in [0.5, 0.6) is 0 Å². The summed E-state index contributed by atoms with van der Waals surface area (Å²) in [6.45, 7) is 0.258. The molecule has 1 aromatic rings. The van der Waals surface area contributed by atoms with Gasteiger partial charge in [-0.15, -0.1) is 0 Å². The summed E-state index contributed by atoms with van der Waals surface area (Å²) in [6, 6.07) is 2.89. The molecule has 0 unspecified atom stereocenters. The minimum absolute atomic E-state index is 0.0208. The maximum atomic E-state index is 12.2. The predicted octanol–water partition coefficient (Wildman–Crippen LogP) is 2.37. The van der Waals surface area contributed by atoms with Gasteiger partial charge in [-0.3, -0.25) is 0 Å². The molecule has 0 amide bonds. The Bertz CT molecular complexity index is 628. The van der Waals surface area contributed by atoms with Crippen molar-refractivity contribution in [1.29, 1.82) is 0 Å². The zero-order valence-corrected chi connectivity index (χ0v) is 14.5. The largest absolute Gasteiger partial charge is 0.395 e. The lowest BCUT2D eigenvalue weighted by Gasteiger charge is -2.10. The fourth-order valence-corrected chi connectivity index (χ4v) is 4.14. The normalized spacial score (nSPS) is 11.0. The van der Waals surface area contributed by atoms with Gasteiger partial charge in [0, 0.05) is 24.3 Å². The maximum absolute atomic E-state index is 12.2. The Labute approximate surface area is 139 Å². The van der Waals surface area contributed by atoms with Gasteiger partial charge in [0.05, 0.1) is 16.7 Å². The van der Waals surface area contributed by atoms with Gasteiger partial charge in [0.1, 0.15) is 4.90 Å². The van der Waals surface area contributed by atoms with Crippen LogP contribution in [0.15, 0.2) is 17.0 Å². The lowest BCUT2D eigenvalue weighted by molar-refractivity contribution is 0.305. The van der Waals surface area contributed by atoms with Gasteiger partial charge in [-0.1, -0.05) is 35.0 Å². The summed E-state index contributed by atoms with van der Waals surface area (Å²) in [7, 11) is -3.75. The second kappa shape index (κ2) is 8.89. The van der Waals surface area contributed by atoms with Gasteiger partial charge in [-0.25, -0.2) is 13.1 Å². The number of aliphatic hydroxyl groups is 1. The van der Waals surface area contributed by atoms with E-state index in [1.165, 1.54) is 23.9 Å². The van der Waals surface area contributed by atoms with Gasteiger partial charge in [-0.2, -0.15) is 11.8 Å². The van der Waals surface area contributed by atoms with Crippen LogP contribution in [0, 0.1) is 11.8 Å². The van der Waals surface area contributed by atoms with Crippen molar-refractivity contribution < 1.29 is 13.5 Å². The topological polar surface area (TPSA) is 66.4 Å². The number of halogens is 2. The first-order valence-corrected chi connectivity index (χ1v) is 9.63. The van der Waals surface area contributed by atoms with E-state index in [0.29, 0.717) is 24.3 Å². The fraction of sp³-hybridized carbons (Fsp3) is 0.385. The summed E-state index contributed by atoms with van der Waals surface area (Å²) in [5.41, 5.74) is 0.501. The molecule has 116 valence electrons. The second-order valence-electron chi connectivity index (χ2n) is 3.93. The lowest BCUT2D eigenvalue weighted by atomic mass is 10.2. The molecule has 8 heteroatoms. The van der Waals surface area contributed by atoms with E-state index in [4.69, 9.17) is 28.3 Å². The van der Waals surface area contributed by atoms with Crippen molar-refractivity contribution in [2.45, 2.75) is 11.3 Å². The molecule has 0 heterocycles. The number of rotatable bonds is 6. The van der Waals surface area contributed by atoms with E-state index in [9.17, 15) is 8.42 Å². The highest BCUT2D eigenvalue weighted by molar-refractivity contribution is 7.98. The first-order valence-electron chi connectivity index (χ1n) is 5.99. The number of hydrogen-bond donors (Lipinski definition) is 2. The molecule has 0 bridgehead atoms. The van der Waals surface area contributed by atoms with E-state index in [1.54, 1.807) is 0 Å². The molecular weight excluding hydrogens is 353 g/mol. The van der Waals surface area contributed by atoms with Crippen LogP contribution in [-0.2, 0) is 10.0 Å². The molecule has 1 aromatic carbocycles. The Balaban J connectivity index is 3.08. The molecule has 0 fully saturated rings. The first-order chi connectivity index (χ1) is 9.92. The SMILES string of the molecule is CSCCNS(=O)(=O)c1c(Cl)cc(C#CCCO)cc1Cl. The Hall–Kier alpha value is -0.420. The summed E-state index contributed by atoms with van der Waals surface area (Å²) in [5, 5.41) is 8.70. The molecule has 4 nitrogen and oxygen atoms in total. The number of nitrogens with one attached hydrogen (secondary N) is 1. The fourth-order valence-electron chi connectivity index (χ4n) is 1.46. The third kappa shape index (κ3) is 5.70. The zero-order chi connectivity index (χ0) is 15.9. The summed E-state index contributed by atoms with van der Waals surface area (Å²) >= 11 is 13.6. The predicted molar refractivity (Wildman–Crippen MR) is 88.6 cm³/mol. The van der Waals surface area contributed by atoms with Crippen LogP contribution in [0.3, 0.4) is 0 Å². The minimum atomic E-state index is -3.75. The second-order valence-corrected chi connectivity index (χ2v) is 7.44. The van der Waals surface area contributed by atoms with Crippen LogP contribution in [0.4, 0.5) is 0 Å². The summed E-state index contributed by atoms with van der Waals surface area (Å²) < 4.78 is 26.8. The molecule has 0 aliphatic heterocycles. The first kappa shape index (κ1) is 18.6. The van der Waals surface area contributed by atoms with Crippen LogP contribution < -0.4 is 4.72 Å². The van der Waals surface area contributed by atoms with Crippen LogP contribution in [-0.4, -0.2) is 38.7 Å². The average molecular weight is 368 g/mol. The van der Waals surface area contributed by atoms with E-state index in [-0.39, 0.29) is 21.5 Å². The highest BCUT2D eigenvalue weighted by Gasteiger charge is 2.21. The van der Waals surface area contributed by atoms with Crippen molar-refractivity contribution in [3.8, 4) is 11.8 Å². The third-order valence-electron chi connectivity index (χ3n) is 2.33. The summed E-state index contributed by atoms with van der Waals surface area (Å²) in [4.78, 5) is -0.139. The average Bonchev–Trinajstić information content (AvgIpc) is 2.38. The van der Waals surface area contributed by atoms with Crippen LogP contribution in [0.25, 0.3) is 0 Å². The van der Waals surface area contributed by atoms with Gasteiger partial charge >= 0.3 is 0 Å². The molecule has 0 aromatic heterocycles. The Morgan fingerprint density at radius 3 is 2.48 bits per heavy atom. The van der Waals surface area contributed by atoms with E-state index in [0.717, 1.165) is 0 Å². The van der Waals surface area contributed by atoms with E-state index in [1.807, 2.05) is 6.26 Å². The molecule has 0 aliphatic carbocycles. The molecule has 0 radical (unpaired) electrons. The van der Waals surface area contributed by atoms with Gasteiger partial charge in [0.25, 0.3) is 0 Å². The summed E-state index contributed by atoms with van der Waals surface area (Å²) in [6.07, 6.45) is 2.21. The number of hydrogen-bond acceptors (Lipinski definition) is 4. The quantitative estimate of drug-likeness (QED) is 0.598. The maximum Gasteiger partial charge on any atom is 0.243 e. The molecule has 21 heavy (non-hydrogen) atoms. The van der Waals surface area contributed by atoms with Gasteiger partial charge in [0.2, 0.25) is 10.0 Å². The monoisotopic (exact) mass is 367 g/mol. The molecule has 1 rings (SSSR count). The van der Waals surface area contributed by atoms with Gasteiger partial charge < -0.3 is 5.11 Å². The van der Waals surface area contributed by atoms with Crippen molar-refractivity contribution in [2.75, 3.05) is 25.2 Å².